The van der Waals surface area contributed by atoms with E-state index in [2.05, 4.69) is 5.32 Å². The fourth-order valence-corrected chi connectivity index (χ4v) is 2.32. The average molecular weight is 304 g/mol. The van der Waals surface area contributed by atoms with Crippen LogP contribution in [0.3, 0.4) is 0 Å². The Bertz CT molecular complexity index is 746. The average Bonchev–Trinajstić information content (AvgIpc) is 2.75. The van der Waals surface area contributed by atoms with Crippen LogP contribution >= 0.6 is 11.6 Å². The van der Waals surface area contributed by atoms with Crippen molar-refractivity contribution in [1.29, 1.82) is 0 Å². The number of rotatable bonds is 2. The number of benzene rings is 2. The zero-order valence-electron chi connectivity index (χ0n) is 10.7. The van der Waals surface area contributed by atoms with E-state index < -0.39 is 17.7 Å². The number of aliphatic hydroxyl groups is 1. The van der Waals surface area contributed by atoms with E-state index in [1.807, 2.05) is 0 Å². The topological polar surface area (TPSA) is 75.6 Å². The zero-order valence-corrected chi connectivity index (χ0v) is 11.4. The predicted molar refractivity (Wildman–Crippen MR) is 75.8 cm³/mol. The number of hydrogen-bond acceptors (Lipinski definition) is 4. The first kappa shape index (κ1) is 13.6. The first-order chi connectivity index (χ1) is 10.0. The van der Waals surface area contributed by atoms with Gasteiger partial charge in [-0.2, -0.15) is 0 Å². The smallest absolute Gasteiger partial charge is 0.341 e. The third-order valence-electron chi connectivity index (χ3n) is 3.18. The third-order valence-corrected chi connectivity index (χ3v) is 3.51. The van der Waals surface area contributed by atoms with Crippen LogP contribution in [0, 0.1) is 0 Å². The molecule has 1 heterocycles. The summed E-state index contributed by atoms with van der Waals surface area (Å²) in [6.45, 7) is 0. The molecule has 2 N–H and O–H groups in total. The van der Waals surface area contributed by atoms with Gasteiger partial charge in [0.15, 0.2) is 0 Å². The lowest BCUT2D eigenvalue weighted by Crippen LogP contribution is -2.40. The minimum Gasteiger partial charge on any atom is -0.415 e. The van der Waals surface area contributed by atoms with E-state index in [-0.39, 0.29) is 11.1 Å². The second kappa shape index (κ2) is 4.87. The number of carbonyl (C=O) groups is 2. The number of amides is 1. The zero-order chi connectivity index (χ0) is 15.0. The standard InChI is InChI=1S/C15H10ClNO4/c16-11-7-3-4-8-12(11)17-14(19)15(20)10-6-2-1-5-9(10)13(18)21-15/h1-8,20H,(H,17,19). The van der Waals surface area contributed by atoms with Crippen LogP contribution in [0.1, 0.15) is 15.9 Å². The fraction of sp³-hybridized carbons (Fsp3) is 0.0667. The molecule has 0 saturated heterocycles. The lowest BCUT2D eigenvalue weighted by Gasteiger charge is -2.21. The molecule has 0 saturated carbocycles. The molecule has 1 unspecified atom stereocenters. The number of hydrogen-bond donors (Lipinski definition) is 2. The summed E-state index contributed by atoms with van der Waals surface area (Å²) in [5, 5.41) is 13.2. The molecule has 5 nitrogen and oxygen atoms in total. The van der Waals surface area contributed by atoms with Gasteiger partial charge in [0, 0.05) is 5.56 Å². The third kappa shape index (κ3) is 2.16. The number of anilines is 1. The summed E-state index contributed by atoms with van der Waals surface area (Å²) >= 11 is 5.95. The molecule has 0 bridgehead atoms. The molecule has 2 aromatic carbocycles. The van der Waals surface area contributed by atoms with Crippen LogP contribution in [0.2, 0.25) is 5.02 Å². The summed E-state index contributed by atoms with van der Waals surface area (Å²) in [5.41, 5.74) is 0.590. The number of cyclic esters (lactones) is 1. The predicted octanol–water partition coefficient (Wildman–Crippen LogP) is 2.29. The molecule has 0 radical (unpaired) electrons. The minimum atomic E-state index is -2.35. The number of nitrogens with one attached hydrogen (secondary N) is 1. The Labute approximate surface area is 125 Å². The lowest BCUT2D eigenvalue weighted by atomic mass is 10.0. The van der Waals surface area contributed by atoms with Crippen LogP contribution in [0.5, 0.6) is 0 Å². The van der Waals surface area contributed by atoms with Crippen molar-refractivity contribution < 1.29 is 19.4 Å². The van der Waals surface area contributed by atoms with E-state index in [0.29, 0.717) is 10.7 Å². The highest BCUT2D eigenvalue weighted by Crippen LogP contribution is 2.35. The van der Waals surface area contributed by atoms with Gasteiger partial charge in [0.2, 0.25) is 0 Å². The molecule has 21 heavy (non-hydrogen) atoms. The van der Waals surface area contributed by atoms with E-state index in [9.17, 15) is 14.7 Å². The first-order valence-electron chi connectivity index (χ1n) is 6.13. The van der Waals surface area contributed by atoms with Crippen LogP contribution in [-0.2, 0) is 15.3 Å². The Hall–Kier alpha value is -2.37. The molecule has 0 aromatic heterocycles. The molecule has 1 aliphatic heterocycles. The highest BCUT2D eigenvalue weighted by molar-refractivity contribution is 6.33. The van der Waals surface area contributed by atoms with Gasteiger partial charge < -0.3 is 15.2 Å². The second-order valence-electron chi connectivity index (χ2n) is 4.51. The fourth-order valence-electron chi connectivity index (χ4n) is 2.14. The van der Waals surface area contributed by atoms with Crippen LogP contribution in [0.15, 0.2) is 48.5 Å². The van der Waals surface area contributed by atoms with E-state index in [1.54, 1.807) is 36.4 Å². The highest BCUT2D eigenvalue weighted by atomic mass is 35.5. The summed E-state index contributed by atoms with van der Waals surface area (Å²) in [4.78, 5) is 24.0. The van der Waals surface area contributed by atoms with Crippen molar-refractivity contribution in [2.24, 2.45) is 0 Å². The second-order valence-corrected chi connectivity index (χ2v) is 4.92. The maximum atomic E-state index is 12.3. The summed E-state index contributed by atoms with van der Waals surface area (Å²) in [6.07, 6.45) is 0. The Kier molecular flexibility index (Phi) is 3.16. The van der Waals surface area contributed by atoms with Gasteiger partial charge in [-0.15, -0.1) is 0 Å². The van der Waals surface area contributed by atoms with Gasteiger partial charge in [-0.25, -0.2) is 4.79 Å². The number of carbonyl (C=O) groups excluding carboxylic acids is 2. The van der Waals surface area contributed by atoms with Crippen LogP contribution in [0.4, 0.5) is 5.69 Å². The van der Waals surface area contributed by atoms with E-state index in [0.717, 1.165) is 0 Å². The summed E-state index contributed by atoms with van der Waals surface area (Å²) < 4.78 is 4.85. The highest BCUT2D eigenvalue weighted by Gasteiger charge is 2.50. The molecule has 0 spiro atoms. The number of halogens is 1. The minimum absolute atomic E-state index is 0.111. The van der Waals surface area contributed by atoms with Crippen molar-refractivity contribution in [2.45, 2.75) is 5.79 Å². The maximum Gasteiger partial charge on any atom is 0.341 e. The van der Waals surface area contributed by atoms with Crippen LogP contribution < -0.4 is 5.32 Å². The molecule has 6 heteroatoms. The quantitative estimate of drug-likeness (QED) is 0.835. The van der Waals surface area contributed by atoms with E-state index in [1.165, 1.54) is 12.1 Å². The van der Waals surface area contributed by atoms with Crippen molar-refractivity contribution in [3.05, 3.63) is 64.7 Å². The van der Waals surface area contributed by atoms with Crippen molar-refractivity contribution in [1.82, 2.24) is 0 Å². The van der Waals surface area contributed by atoms with Crippen molar-refractivity contribution >= 4 is 29.2 Å². The van der Waals surface area contributed by atoms with Crippen LogP contribution in [-0.4, -0.2) is 17.0 Å². The molecular formula is C15H10ClNO4. The number of ether oxygens (including phenoxy) is 1. The monoisotopic (exact) mass is 303 g/mol. The summed E-state index contributed by atoms with van der Waals surface area (Å²) in [7, 11) is 0. The van der Waals surface area contributed by atoms with E-state index >= 15 is 0 Å². The largest absolute Gasteiger partial charge is 0.415 e. The molecular weight excluding hydrogens is 294 g/mol. The molecule has 1 aliphatic rings. The van der Waals surface area contributed by atoms with Gasteiger partial charge in [-0.05, 0) is 18.2 Å². The SMILES string of the molecule is O=C1OC(O)(C(=O)Nc2ccccc2Cl)c2ccccc21. The van der Waals surface area contributed by atoms with Crippen LogP contribution in [0.25, 0.3) is 0 Å². The molecule has 3 rings (SSSR count). The van der Waals surface area contributed by atoms with Gasteiger partial charge in [-0.1, -0.05) is 41.9 Å². The summed E-state index contributed by atoms with van der Waals surface area (Å²) in [5.74, 6) is -3.98. The number of fused-ring (bicyclic) bond motifs is 1. The van der Waals surface area contributed by atoms with Gasteiger partial charge in [0.05, 0.1) is 16.3 Å². The molecule has 1 amide bonds. The Morgan fingerprint density at radius 2 is 1.81 bits per heavy atom. The molecule has 0 aliphatic carbocycles. The molecule has 1 atom stereocenters. The lowest BCUT2D eigenvalue weighted by molar-refractivity contribution is -0.180. The molecule has 0 fully saturated rings. The van der Waals surface area contributed by atoms with E-state index in [4.69, 9.17) is 16.3 Å². The normalized spacial score (nSPS) is 19.8. The Morgan fingerprint density at radius 1 is 1.14 bits per heavy atom. The molecule has 106 valence electrons. The Morgan fingerprint density at radius 3 is 2.57 bits per heavy atom. The van der Waals surface area contributed by atoms with Crippen molar-refractivity contribution in [3.8, 4) is 0 Å². The number of para-hydroxylation sites is 1. The summed E-state index contributed by atoms with van der Waals surface area (Å²) in [6, 6.07) is 12.7. The van der Waals surface area contributed by atoms with Gasteiger partial charge >= 0.3 is 17.7 Å². The maximum absolute atomic E-state index is 12.3. The molecule has 2 aromatic rings. The first-order valence-corrected chi connectivity index (χ1v) is 6.51. The number of esters is 1. The van der Waals surface area contributed by atoms with Crippen molar-refractivity contribution in [2.75, 3.05) is 5.32 Å². The van der Waals surface area contributed by atoms with Crippen molar-refractivity contribution in [3.63, 3.8) is 0 Å². The van der Waals surface area contributed by atoms with Gasteiger partial charge in [0.1, 0.15) is 0 Å². The Balaban J connectivity index is 1.96. The van der Waals surface area contributed by atoms with Gasteiger partial charge in [0.25, 0.3) is 0 Å². The van der Waals surface area contributed by atoms with Gasteiger partial charge in [-0.3, -0.25) is 4.79 Å².